The van der Waals surface area contributed by atoms with E-state index in [4.69, 9.17) is 0 Å². The van der Waals surface area contributed by atoms with Crippen molar-refractivity contribution in [2.75, 3.05) is 11.0 Å². The van der Waals surface area contributed by atoms with Crippen LogP contribution in [0.5, 0.6) is 0 Å². The third kappa shape index (κ3) is 7.11. The van der Waals surface area contributed by atoms with Crippen LogP contribution in [0.4, 0.5) is 11.4 Å². The van der Waals surface area contributed by atoms with Gasteiger partial charge in [0.1, 0.15) is 0 Å². The SMILES string of the molecule is CCC(O)c1ccc(N(NCCCc2nc[c-]s2)S(=O)(=O)c2cccc([N+](=O)[O-])c2)cc1.[Y]. The van der Waals surface area contributed by atoms with Gasteiger partial charge in [-0.25, -0.2) is 5.43 Å². The van der Waals surface area contributed by atoms with Gasteiger partial charge in [-0.15, -0.1) is 0 Å². The third-order valence-corrected chi connectivity index (χ3v) is 7.17. The fraction of sp³-hybridized carbons (Fsp3) is 0.286. The maximum Gasteiger partial charge on any atom is 0.278 e. The van der Waals surface area contributed by atoms with E-state index in [-0.39, 0.29) is 43.3 Å². The summed E-state index contributed by atoms with van der Waals surface area (Å²) in [5, 5.41) is 25.0. The fourth-order valence-corrected chi connectivity index (χ4v) is 4.99. The summed E-state index contributed by atoms with van der Waals surface area (Å²) in [6, 6.07) is 11.4. The van der Waals surface area contributed by atoms with Crippen molar-refractivity contribution in [2.45, 2.75) is 37.2 Å². The predicted molar refractivity (Wildman–Crippen MR) is 122 cm³/mol. The number of benzene rings is 2. The predicted octanol–water partition coefficient (Wildman–Crippen LogP) is 3.63. The molecule has 9 nitrogen and oxygen atoms in total. The number of aliphatic hydroxyl groups excluding tert-OH is 1. The molecule has 0 spiro atoms. The molecule has 0 bridgehead atoms. The van der Waals surface area contributed by atoms with Crippen LogP contribution in [0, 0.1) is 15.5 Å². The Hall–Kier alpha value is -1.76. The zero-order valence-electron chi connectivity index (χ0n) is 17.9. The van der Waals surface area contributed by atoms with Crippen LogP contribution in [0.2, 0.25) is 0 Å². The van der Waals surface area contributed by atoms with E-state index in [1.807, 2.05) is 6.92 Å². The zero-order valence-corrected chi connectivity index (χ0v) is 22.4. The first-order chi connectivity index (χ1) is 15.3. The molecule has 173 valence electrons. The first kappa shape index (κ1) is 27.5. The van der Waals surface area contributed by atoms with Crippen molar-refractivity contribution >= 4 is 32.7 Å². The number of hydrazine groups is 1. The topological polar surface area (TPSA) is 126 Å². The van der Waals surface area contributed by atoms with E-state index < -0.39 is 21.1 Å². The van der Waals surface area contributed by atoms with Crippen molar-refractivity contribution in [1.82, 2.24) is 10.4 Å². The number of nitro benzene ring substituents is 1. The van der Waals surface area contributed by atoms with Gasteiger partial charge in [0.25, 0.3) is 15.7 Å². The van der Waals surface area contributed by atoms with Crippen molar-refractivity contribution in [3.63, 3.8) is 0 Å². The van der Waals surface area contributed by atoms with Gasteiger partial charge in [0, 0.05) is 51.4 Å². The maximum absolute atomic E-state index is 13.4. The number of anilines is 1. The van der Waals surface area contributed by atoms with Crippen LogP contribution in [-0.2, 0) is 49.2 Å². The van der Waals surface area contributed by atoms with Crippen molar-refractivity contribution in [1.29, 1.82) is 0 Å². The Bertz CT molecular complexity index is 1140. The summed E-state index contributed by atoms with van der Waals surface area (Å²) in [6.45, 7) is 2.17. The second-order valence-electron chi connectivity index (χ2n) is 6.92. The van der Waals surface area contributed by atoms with Crippen LogP contribution in [-0.4, -0.2) is 30.0 Å². The smallest absolute Gasteiger partial charge is 0.278 e. The number of aliphatic hydroxyl groups is 1. The van der Waals surface area contributed by atoms with E-state index in [2.05, 4.69) is 15.8 Å². The molecule has 3 rings (SSSR count). The summed E-state index contributed by atoms with van der Waals surface area (Å²) in [6.07, 6.45) is 2.76. The molecule has 0 aliphatic rings. The van der Waals surface area contributed by atoms with Crippen molar-refractivity contribution in [2.24, 2.45) is 0 Å². The normalized spacial score (nSPS) is 12.1. The molecule has 0 aliphatic carbocycles. The number of sulfonamides is 1. The zero-order chi connectivity index (χ0) is 23.1. The van der Waals surface area contributed by atoms with Gasteiger partial charge >= 0.3 is 0 Å². The van der Waals surface area contributed by atoms with Gasteiger partial charge in [-0.2, -0.15) is 18.2 Å². The van der Waals surface area contributed by atoms with Gasteiger partial charge in [0.05, 0.1) is 21.6 Å². The Kier molecular flexibility index (Phi) is 10.5. The number of hydrogen-bond acceptors (Lipinski definition) is 8. The molecule has 1 atom stereocenters. The van der Waals surface area contributed by atoms with Crippen molar-refractivity contribution in [3.8, 4) is 0 Å². The molecule has 33 heavy (non-hydrogen) atoms. The first-order valence-corrected chi connectivity index (χ1v) is 12.2. The Labute approximate surface area is 221 Å². The number of aromatic nitrogens is 1. The molecule has 3 aromatic rings. The van der Waals surface area contributed by atoms with Crippen LogP contribution in [0.15, 0.2) is 59.6 Å². The molecule has 0 saturated carbocycles. The largest absolute Gasteiger partial charge is 0.388 e. The molecule has 0 fully saturated rings. The average Bonchev–Trinajstić information content (AvgIpc) is 3.32. The number of rotatable bonds is 11. The molecular formula is C21H23N4O5S2Y-. The van der Waals surface area contributed by atoms with E-state index in [1.165, 1.54) is 29.5 Å². The number of aryl methyl sites for hydroxylation is 1. The van der Waals surface area contributed by atoms with Gasteiger partial charge < -0.3 is 21.4 Å². The van der Waals surface area contributed by atoms with Crippen LogP contribution >= 0.6 is 11.3 Å². The quantitative estimate of drug-likeness (QED) is 0.158. The average molecular weight is 564 g/mol. The molecule has 0 saturated heterocycles. The second kappa shape index (κ2) is 12.6. The van der Waals surface area contributed by atoms with Gasteiger partial charge in [-0.3, -0.25) is 10.1 Å². The number of nitrogens with one attached hydrogen (secondary N) is 1. The number of hydrogen-bond donors (Lipinski definition) is 2. The summed E-state index contributed by atoms with van der Waals surface area (Å²) < 4.78 is 27.8. The number of nitro groups is 1. The molecule has 1 unspecified atom stereocenters. The van der Waals surface area contributed by atoms with Gasteiger partial charge in [-0.05, 0) is 36.6 Å². The first-order valence-electron chi connectivity index (χ1n) is 9.95. The molecule has 0 aliphatic heterocycles. The van der Waals surface area contributed by atoms with Gasteiger partial charge in [-0.1, -0.05) is 42.7 Å². The number of non-ortho nitro benzene ring substituents is 1. The Balaban J connectivity index is 0.00000385. The Morgan fingerprint density at radius 1 is 1.27 bits per heavy atom. The van der Waals surface area contributed by atoms with Crippen molar-refractivity contribution < 1.29 is 51.2 Å². The molecule has 2 aromatic carbocycles. The summed E-state index contributed by atoms with van der Waals surface area (Å²) in [5.41, 5.74) is 3.61. The number of thiazole rings is 1. The molecule has 12 heteroatoms. The Morgan fingerprint density at radius 2 is 2.00 bits per heavy atom. The summed E-state index contributed by atoms with van der Waals surface area (Å²) in [7, 11) is -4.15. The van der Waals surface area contributed by atoms with E-state index in [0.717, 1.165) is 15.5 Å². The van der Waals surface area contributed by atoms with E-state index in [9.17, 15) is 23.6 Å². The minimum atomic E-state index is -4.15. The summed E-state index contributed by atoms with van der Waals surface area (Å²) in [4.78, 5) is 14.4. The van der Waals surface area contributed by atoms with Crippen molar-refractivity contribution in [3.05, 3.63) is 80.8 Å². The molecule has 1 radical (unpaired) electrons. The third-order valence-electron chi connectivity index (χ3n) is 4.73. The second-order valence-corrected chi connectivity index (χ2v) is 9.62. The maximum atomic E-state index is 13.4. The monoisotopic (exact) mass is 564 g/mol. The van der Waals surface area contributed by atoms with Crippen LogP contribution in [0.25, 0.3) is 0 Å². The molecule has 2 N–H and O–H groups in total. The minimum absolute atomic E-state index is 0. The fourth-order valence-electron chi connectivity index (χ4n) is 3.00. The van der Waals surface area contributed by atoms with Gasteiger partial charge in [0.15, 0.2) is 0 Å². The molecule has 0 amide bonds. The van der Waals surface area contributed by atoms with Gasteiger partial charge in [0.2, 0.25) is 0 Å². The van der Waals surface area contributed by atoms with Crippen LogP contribution < -0.4 is 9.84 Å². The summed E-state index contributed by atoms with van der Waals surface area (Å²) in [5.74, 6) is 0. The summed E-state index contributed by atoms with van der Waals surface area (Å²) >= 11 is 1.41. The molecule has 1 aromatic heterocycles. The van der Waals surface area contributed by atoms with E-state index in [0.29, 0.717) is 37.1 Å². The van der Waals surface area contributed by atoms with E-state index >= 15 is 0 Å². The standard InChI is InChI=1S/C21H23N4O5S2.Y/c1-2-20(26)16-8-10-17(11-9-16)24(23-12-4-7-21-22-13-14-31-21)32(29,30)19-6-3-5-18(15-19)25(27)28;/h3,5-6,8-11,13,15,20,23,26H,2,4,7,12H2,1H3;/q-1;. The number of nitrogens with zero attached hydrogens (tertiary/aromatic N) is 3. The van der Waals surface area contributed by atoms with E-state index in [1.54, 1.807) is 30.5 Å². The molecular weight excluding hydrogens is 541 g/mol. The minimum Gasteiger partial charge on any atom is -0.388 e. The Morgan fingerprint density at radius 3 is 2.61 bits per heavy atom. The molecule has 1 heterocycles. The van der Waals surface area contributed by atoms with Crippen LogP contribution in [0.1, 0.15) is 36.4 Å². The van der Waals surface area contributed by atoms with Crippen LogP contribution in [0.3, 0.4) is 0 Å².